The lowest BCUT2D eigenvalue weighted by molar-refractivity contribution is -0.143. The Labute approximate surface area is 98.9 Å². The molecular weight excluding hydrogens is 226 g/mol. The standard InChI is InChI=1S/C10H17N3O4/c11-8(14)4-5-12-10(17)13-6-2-1-3-7(13)9(15)16/h7H,1-6H2,(H2,11,14)(H,12,17)(H,15,16). The van der Waals surface area contributed by atoms with Crippen LogP contribution >= 0.6 is 0 Å². The van der Waals surface area contributed by atoms with Crippen LogP contribution in [-0.2, 0) is 9.59 Å². The first kappa shape index (κ1) is 13.3. The van der Waals surface area contributed by atoms with Crippen molar-refractivity contribution in [3.05, 3.63) is 0 Å². The first-order chi connectivity index (χ1) is 8.02. The van der Waals surface area contributed by atoms with E-state index in [1.165, 1.54) is 4.90 Å². The largest absolute Gasteiger partial charge is 0.480 e. The van der Waals surface area contributed by atoms with Crippen molar-refractivity contribution in [1.82, 2.24) is 10.2 Å². The molecule has 1 aliphatic rings. The van der Waals surface area contributed by atoms with Gasteiger partial charge < -0.3 is 21.1 Å². The van der Waals surface area contributed by atoms with Gasteiger partial charge in [0, 0.05) is 19.5 Å². The fraction of sp³-hybridized carbons (Fsp3) is 0.700. The Hall–Kier alpha value is -1.79. The molecule has 1 aliphatic heterocycles. The minimum absolute atomic E-state index is 0.0529. The molecule has 17 heavy (non-hydrogen) atoms. The van der Waals surface area contributed by atoms with Crippen LogP contribution in [0.4, 0.5) is 4.79 Å². The third kappa shape index (κ3) is 3.93. The summed E-state index contributed by atoms with van der Waals surface area (Å²) in [7, 11) is 0. The predicted molar refractivity (Wildman–Crippen MR) is 59.2 cm³/mol. The number of piperidine rings is 1. The van der Waals surface area contributed by atoms with Gasteiger partial charge in [-0.05, 0) is 19.3 Å². The van der Waals surface area contributed by atoms with Gasteiger partial charge in [0.1, 0.15) is 6.04 Å². The molecule has 0 radical (unpaired) electrons. The van der Waals surface area contributed by atoms with Crippen LogP contribution in [0.5, 0.6) is 0 Å². The molecule has 1 unspecified atom stereocenters. The molecule has 1 rings (SSSR count). The molecule has 1 fully saturated rings. The van der Waals surface area contributed by atoms with Gasteiger partial charge in [-0.25, -0.2) is 9.59 Å². The zero-order chi connectivity index (χ0) is 12.8. The summed E-state index contributed by atoms with van der Waals surface area (Å²) < 4.78 is 0. The van der Waals surface area contributed by atoms with Crippen molar-refractivity contribution in [1.29, 1.82) is 0 Å². The highest BCUT2D eigenvalue weighted by Crippen LogP contribution is 2.17. The number of carboxylic acid groups (broad SMARTS) is 1. The number of urea groups is 1. The summed E-state index contributed by atoms with van der Waals surface area (Å²) in [5.74, 6) is -1.49. The van der Waals surface area contributed by atoms with E-state index in [9.17, 15) is 14.4 Å². The average Bonchev–Trinajstić information content (AvgIpc) is 2.28. The number of rotatable bonds is 4. The van der Waals surface area contributed by atoms with Crippen molar-refractivity contribution in [2.24, 2.45) is 5.73 Å². The smallest absolute Gasteiger partial charge is 0.326 e. The van der Waals surface area contributed by atoms with Gasteiger partial charge in [-0.15, -0.1) is 0 Å². The SMILES string of the molecule is NC(=O)CCNC(=O)N1CCCCC1C(=O)O. The predicted octanol–water partition coefficient (Wildman–Crippen LogP) is -0.489. The number of hydrogen-bond donors (Lipinski definition) is 3. The van der Waals surface area contributed by atoms with Gasteiger partial charge in [-0.3, -0.25) is 4.79 Å². The highest BCUT2D eigenvalue weighted by atomic mass is 16.4. The molecule has 0 aromatic carbocycles. The molecule has 3 amide bonds. The summed E-state index contributed by atoms with van der Waals surface area (Å²) in [5.41, 5.74) is 4.93. The van der Waals surface area contributed by atoms with Crippen LogP contribution in [-0.4, -0.2) is 47.0 Å². The minimum atomic E-state index is -0.991. The highest BCUT2D eigenvalue weighted by Gasteiger charge is 2.31. The lowest BCUT2D eigenvalue weighted by Crippen LogP contribution is -2.52. The Bertz CT molecular complexity index is 319. The monoisotopic (exact) mass is 243 g/mol. The first-order valence-corrected chi connectivity index (χ1v) is 5.58. The van der Waals surface area contributed by atoms with Gasteiger partial charge in [-0.2, -0.15) is 0 Å². The Balaban J connectivity index is 2.47. The van der Waals surface area contributed by atoms with Crippen molar-refractivity contribution in [3.63, 3.8) is 0 Å². The first-order valence-electron chi connectivity index (χ1n) is 5.58. The van der Waals surface area contributed by atoms with E-state index in [1.807, 2.05) is 0 Å². The molecule has 0 aromatic rings. The molecular formula is C10H17N3O4. The third-order valence-corrected chi connectivity index (χ3v) is 2.70. The summed E-state index contributed by atoms with van der Waals surface area (Å²) in [6, 6.07) is -1.21. The number of nitrogens with one attached hydrogen (secondary N) is 1. The summed E-state index contributed by atoms with van der Waals surface area (Å²) in [4.78, 5) is 34.4. The van der Waals surface area contributed by atoms with Crippen LogP contribution in [0.2, 0.25) is 0 Å². The molecule has 0 aliphatic carbocycles. The summed E-state index contributed by atoms with van der Waals surface area (Å²) in [5, 5.41) is 11.5. The molecule has 96 valence electrons. The van der Waals surface area contributed by atoms with Crippen molar-refractivity contribution in [2.75, 3.05) is 13.1 Å². The summed E-state index contributed by atoms with van der Waals surface area (Å²) >= 11 is 0. The number of hydrogen-bond acceptors (Lipinski definition) is 3. The number of primary amides is 1. The Kier molecular flexibility index (Phi) is 4.74. The zero-order valence-electron chi connectivity index (χ0n) is 9.52. The van der Waals surface area contributed by atoms with Gasteiger partial charge in [0.15, 0.2) is 0 Å². The van der Waals surface area contributed by atoms with Crippen LogP contribution in [0.25, 0.3) is 0 Å². The normalized spacial score (nSPS) is 19.8. The second-order valence-corrected chi connectivity index (χ2v) is 3.99. The Morgan fingerprint density at radius 1 is 1.35 bits per heavy atom. The van der Waals surface area contributed by atoms with E-state index in [2.05, 4.69) is 5.32 Å². The molecule has 0 spiro atoms. The quantitative estimate of drug-likeness (QED) is 0.618. The average molecular weight is 243 g/mol. The second-order valence-electron chi connectivity index (χ2n) is 3.99. The van der Waals surface area contributed by atoms with Crippen molar-refractivity contribution in [3.8, 4) is 0 Å². The molecule has 1 heterocycles. The van der Waals surface area contributed by atoms with Crippen molar-refractivity contribution in [2.45, 2.75) is 31.7 Å². The second kappa shape index (κ2) is 6.07. The fourth-order valence-corrected chi connectivity index (χ4v) is 1.83. The minimum Gasteiger partial charge on any atom is -0.480 e. The van der Waals surface area contributed by atoms with E-state index in [-0.39, 0.29) is 13.0 Å². The third-order valence-electron chi connectivity index (χ3n) is 2.70. The van der Waals surface area contributed by atoms with E-state index in [1.54, 1.807) is 0 Å². The number of nitrogens with two attached hydrogens (primary N) is 1. The van der Waals surface area contributed by atoms with Gasteiger partial charge in [0.25, 0.3) is 0 Å². The van der Waals surface area contributed by atoms with Crippen LogP contribution in [0, 0.1) is 0 Å². The van der Waals surface area contributed by atoms with Gasteiger partial charge in [-0.1, -0.05) is 0 Å². The number of carbonyl (C=O) groups is 3. The van der Waals surface area contributed by atoms with E-state index in [4.69, 9.17) is 10.8 Å². The van der Waals surface area contributed by atoms with E-state index in [0.29, 0.717) is 13.0 Å². The molecule has 4 N–H and O–H groups in total. The lowest BCUT2D eigenvalue weighted by atomic mass is 10.0. The van der Waals surface area contributed by atoms with Crippen LogP contribution in [0.1, 0.15) is 25.7 Å². The maximum atomic E-state index is 11.7. The molecule has 0 bridgehead atoms. The number of carboxylic acids is 1. The maximum Gasteiger partial charge on any atom is 0.326 e. The molecule has 7 nitrogen and oxygen atoms in total. The zero-order valence-corrected chi connectivity index (χ0v) is 9.52. The van der Waals surface area contributed by atoms with E-state index in [0.717, 1.165) is 12.8 Å². The maximum absolute atomic E-state index is 11.7. The van der Waals surface area contributed by atoms with E-state index < -0.39 is 23.9 Å². The number of nitrogens with zero attached hydrogens (tertiary/aromatic N) is 1. The lowest BCUT2D eigenvalue weighted by Gasteiger charge is -2.32. The number of aliphatic carboxylic acids is 1. The van der Waals surface area contributed by atoms with Gasteiger partial charge >= 0.3 is 12.0 Å². The molecule has 0 saturated carbocycles. The topological polar surface area (TPSA) is 113 Å². The van der Waals surface area contributed by atoms with E-state index >= 15 is 0 Å². The Morgan fingerprint density at radius 2 is 2.06 bits per heavy atom. The van der Waals surface area contributed by atoms with Crippen molar-refractivity contribution < 1.29 is 19.5 Å². The van der Waals surface area contributed by atoms with Crippen LogP contribution in [0.3, 0.4) is 0 Å². The number of amides is 3. The fourth-order valence-electron chi connectivity index (χ4n) is 1.83. The Morgan fingerprint density at radius 3 is 2.65 bits per heavy atom. The number of carbonyl (C=O) groups excluding carboxylic acids is 2. The van der Waals surface area contributed by atoms with Gasteiger partial charge in [0.05, 0.1) is 0 Å². The van der Waals surface area contributed by atoms with Gasteiger partial charge in [0.2, 0.25) is 5.91 Å². The molecule has 1 saturated heterocycles. The summed E-state index contributed by atoms with van der Waals surface area (Å²) in [6.45, 7) is 0.566. The van der Waals surface area contributed by atoms with Crippen LogP contribution in [0.15, 0.2) is 0 Å². The summed E-state index contributed by atoms with van der Waals surface area (Å²) in [6.07, 6.45) is 2.13. The molecule has 1 atom stereocenters. The van der Waals surface area contributed by atoms with Crippen molar-refractivity contribution >= 4 is 17.9 Å². The molecule has 0 aromatic heterocycles. The number of likely N-dealkylation sites (tertiary alicyclic amines) is 1. The van der Waals surface area contributed by atoms with Crippen LogP contribution < -0.4 is 11.1 Å². The highest BCUT2D eigenvalue weighted by molar-refractivity contribution is 5.83. The molecule has 7 heteroatoms.